The van der Waals surface area contributed by atoms with Crippen LogP contribution >= 0.6 is 0 Å². The number of hydrogen-bond acceptors (Lipinski definition) is 2. The Kier molecular flexibility index (Phi) is 5.41. The average Bonchev–Trinajstić information content (AvgIpc) is 2.97. The van der Waals surface area contributed by atoms with Gasteiger partial charge in [-0.25, -0.2) is 0 Å². The van der Waals surface area contributed by atoms with Gasteiger partial charge in [-0.2, -0.15) is 0 Å². The van der Waals surface area contributed by atoms with Crippen LogP contribution in [0.1, 0.15) is 62.3 Å². The predicted molar refractivity (Wildman–Crippen MR) is 78.4 cm³/mol. The van der Waals surface area contributed by atoms with E-state index in [0.717, 1.165) is 44.3 Å². The quantitative estimate of drug-likeness (QED) is 0.845. The van der Waals surface area contributed by atoms with Crippen molar-refractivity contribution in [2.24, 2.45) is 0 Å². The SMILES string of the molecule is CCc1ccc(CC)c(C(O)CCC2CCCO2)c1. The molecule has 0 amide bonds. The number of aliphatic hydroxyl groups excluding tert-OH is 1. The van der Waals surface area contributed by atoms with Crippen LogP contribution in [0.15, 0.2) is 18.2 Å². The molecule has 1 aromatic rings. The molecule has 1 heterocycles. The van der Waals surface area contributed by atoms with Crippen molar-refractivity contribution in [1.29, 1.82) is 0 Å². The maximum atomic E-state index is 10.5. The highest BCUT2D eigenvalue weighted by molar-refractivity contribution is 5.33. The van der Waals surface area contributed by atoms with Crippen LogP contribution in [-0.4, -0.2) is 17.8 Å². The van der Waals surface area contributed by atoms with Gasteiger partial charge in [0.2, 0.25) is 0 Å². The lowest BCUT2D eigenvalue weighted by Gasteiger charge is -2.18. The molecule has 1 aliphatic heterocycles. The van der Waals surface area contributed by atoms with E-state index in [0.29, 0.717) is 6.10 Å². The van der Waals surface area contributed by atoms with E-state index in [4.69, 9.17) is 4.74 Å². The van der Waals surface area contributed by atoms with Crippen molar-refractivity contribution in [2.45, 2.75) is 64.6 Å². The van der Waals surface area contributed by atoms with Crippen molar-refractivity contribution in [2.75, 3.05) is 6.61 Å². The summed E-state index contributed by atoms with van der Waals surface area (Å²) in [5.41, 5.74) is 3.71. The molecule has 0 aromatic heterocycles. The molecule has 0 saturated carbocycles. The van der Waals surface area contributed by atoms with Crippen LogP contribution in [0.3, 0.4) is 0 Å². The lowest BCUT2D eigenvalue weighted by Crippen LogP contribution is -2.09. The fourth-order valence-corrected chi connectivity index (χ4v) is 2.87. The van der Waals surface area contributed by atoms with Gasteiger partial charge in [0.15, 0.2) is 0 Å². The van der Waals surface area contributed by atoms with E-state index >= 15 is 0 Å². The minimum atomic E-state index is -0.342. The first-order valence-electron chi connectivity index (χ1n) is 7.66. The minimum Gasteiger partial charge on any atom is -0.388 e. The largest absolute Gasteiger partial charge is 0.388 e. The Bertz CT molecular complexity index is 394. The fourth-order valence-electron chi connectivity index (χ4n) is 2.87. The maximum absolute atomic E-state index is 10.5. The molecule has 2 heteroatoms. The zero-order valence-electron chi connectivity index (χ0n) is 12.2. The third kappa shape index (κ3) is 3.80. The molecule has 2 unspecified atom stereocenters. The van der Waals surface area contributed by atoms with Crippen molar-refractivity contribution in [3.05, 3.63) is 34.9 Å². The zero-order chi connectivity index (χ0) is 13.7. The van der Waals surface area contributed by atoms with Gasteiger partial charge in [0, 0.05) is 6.61 Å². The molecule has 1 fully saturated rings. The Morgan fingerprint density at radius 2 is 2.16 bits per heavy atom. The smallest absolute Gasteiger partial charge is 0.0793 e. The molecular formula is C17H26O2. The van der Waals surface area contributed by atoms with Crippen molar-refractivity contribution < 1.29 is 9.84 Å². The van der Waals surface area contributed by atoms with Crippen molar-refractivity contribution in [3.8, 4) is 0 Å². The van der Waals surface area contributed by atoms with Gasteiger partial charge < -0.3 is 9.84 Å². The van der Waals surface area contributed by atoms with Crippen LogP contribution < -0.4 is 0 Å². The van der Waals surface area contributed by atoms with E-state index in [1.54, 1.807) is 0 Å². The van der Waals surface area contributed by atoms with E-state index in [1.165, 1.54) is 17.5 Å². The van der Waals surface area contributed by atoms with Gasteiger partial charge in [-0.05, 0) is 55.2 Å². The summed E-state index contributed by atoms with van der Waals surface area (Å²) in [6.07, 6.45) is 6.14. The molecule has 2 nitrogen and oxygen atoms in total. The van der Waals surface area contributed by atoms with Crippen LogP contribution in [0.5, 0.6) is 0 Å². The van der Waals surface area contributed by atoms with Crippen molar-refractivity contribution >= 4 is 0 Å². The van der Waals surface area contributed by atoms with Gasteiger partial charge in [-0.15, -0.1) is 0 Å². The first kappa shape index (κ1) is 14.5. The minimum absolute atomic E-state index is 0.342. The maximum Gasteiger partial charge on any atom is 0.0793 e. The van der Waals surface area contributed by atoms with Crippen LogP contribution in [0.25, 0.3) is 0 Å². The van der Waals surface area contributed by atoms with E-state index in [1.807, 2.05) is 0 Å². The molecule has 0 aliphatic carbocycles. The number of aliphatic hydroxyl groups is 1. The monoisotopic (exact) mass is 262 g/mol. The average molecular weight is 262 g/mol. The molecule has 2 atom stereocenters. The third-order valence-electron chi connectivity index (χ3n) is 4.14. The number of hydrogen-bond donors (Lipinski definition) is 1. The van der Waals surface area contributed by atoms with Crippen molar-refractivity contribution in [3.63, 3.8) is 0 Å². The molecule has 2 rings (SSSR count). The number of rotatable bonds is 6. The summed E-state index contributed by atoms with van der Waals surface area (Å²) in [4.78, 5) is 0. The molecule has 1 aromatic carbocycles. The normalized spacial score (nSPS) is 20.7. The van der Waals surface area contributed by atoms with Crippen LogP contribution in [0.2, 0.25) is 0 Å². The highest BCUT2D eigenvalue weighted by atomic mass is 16.5. The molecule has 1 saturated heterocycles. The summed E-state index contributed by atoms with van der Waals surface area (Å²) < 4.78 is 5.63. The van der Waals surface area contributed by atoms with Gasteiger partial charge >= 0.3 is 0 Å². The summed E-state index contributed by atoms with van der Waals surface area (Å²) in [5, 5.41) is 10.5. The van der Waals surface area contributed by atoms with Gasteiger partial charge in [-0.1, -0.05) is 32.0 Å². The molecule has 0 spiro atoms. The second-order valence-corrected chi connectivity index (χ2v) is 5.47. The van der Waals surface area contributed by atoms with Crippen LogP contribution in [0, 0.1) is 0 Å². The van der Waals surface area contributed by atoms with Crippen LogP contribution in [0.4, 0.5) is 0 Å². The van der Waals surface area contributed by atoms with E-state index in [2.05, 4.69) is 32.0 Å². The Labute approximate surface area is 116 Å². The molecule has 0 radical (unpaired) electrons. The van der Waals surface area contributed by atoms with E-state index in [-0.39, 0.29) is 6.10 Å². The molecule has 1 aliphatic rings. The van der Waals surface area contributed by atoms with E-state index < -0.39 is 0 Å². The number of aryl methyl sites for hydroxylation is 2. The second kappa shape index (κ2) is 7.06. The predicted octanol–water partition coefficient (Wildman–Crippen LogP) is 3.80. The van der Waals surface area contributed by atoms with Gasteiger partial charge in [0.1, 0.15) is 0 Å². The summed E-state index contributed by atoms with van der Waals surface area (Å²) >= 11 is 0. The topological polar surface area (TPSA) is 29.5 Å². The third-order valence-corrected chi connectivity index (χ3v) is 4.14. The van der Waals surface area contributed by atoms with Gasteiger partial charge in [-0.3, -0.25) is 0 Å². The highest BCUT2D eigenvalue weighted by Crippen LogP contribution is 2.27. The number of benzene rings is 1. The zero-order valence-corrected chi connectivity index (χ0v) is 12.2. The molecule has 1 N–H and O–H groups in total. The Balaban J connectivity index is 2.01. The summed E-state index contributed by atoms with van der Waals surface area (Å²) in [7, 11) is 0. The van der Waals surface area contributed by atoms with Crippen LogP contribution in [-0.2, 0) is 17.6 Å². The van der Waals surface area contributed by atoms with Gasteiger partial charge in [0.25, 0.3) is 0 Å². The fraction of sp³-hybridized carbons (Fsp3) is 0.647. The highest BCUT2D eigenvalue weighted by Gasteiger charge is 2.19. The Hall–Kier alpha value is -0.860. The first-order valence-corrected chi connectivity index (χ1v) is 7.66. The molecule has 0 bridgehead atoms. The second-order valence-electron chi connectivity index (χ2n) is 5.47. The first-order chi connectivity index (χ1) is 9.24. The molecule has 19 heavy (non-hydrogen) atoms. The number of ether oxygens (including phenoxy) is 1. The standard InChI is InChI=1S/C17H26O2/c1-3-13-7-8-14(4-2)16(12-13)17(18)10-9-15-6-5-11-19-15/h7-8,12,15,17-18H,3-6,9-11H2,1-2H3. The summed E-state index contributed by atoms with van der Waals surface area (Å²) in [5.74, 6) is 0. The van der Waals surface area contributed by atoms with Crippen molar-refractivity contribution in [1.82, 2.24) is 0 Å². The van der Waals surface area contributed by atoms with Gasteiger partial charge in [0.05, 0.1) is 12.2 Å². The van der Waals surface area contributed by atoms with E-state index in [9.17, 15) is 5.11 Å². The summed E-state index contributed by atoms with van der Waals surface area (Å²) in [6.45, 7) is 5.20. The molecular weight excluding hydrogens is 236 g/mol. The Morgan fingerprint density at radius 3 is 2.79 bits per heavy atom. The lowest BCUT2D eigenvalue weighted by atomic mass is 9.94. The molecule has 106 valence electrons. The summed E-state index contributed by atoms with van der Waals surface area (Å²) in [6, 6.07) is 6.53. The Morgan fingerprint density at radius 1 is 1.32 bits per heavy atom. The lowest BCUT2D eigenvalue weighted by molar-refractivity contribution is 0.0810.